The summed E-state index contributed by atoms with van der Waals surface area (Å²) >= 11 is 0. The zero-order chi connectivity index (χ0) is 15.0. The van der Waals surface area contributed by atoms with Crippen LogP contribution in [0.4, 0.5) is 0 Å². The molecule has 0 atom stereocenters. The lowest BCUT2D eigenvalue weighted by molar-refractivity contribution is 0.478. The molecule has 0 heterocycles. The number of hydrogen-bond acceptors (Lipinski definition) is 3. The molecule has 20 heavy (non-hydrogen) atoms. The van der Waals surface area contributed by atoms with E-state index in [-0.39, 0.29) is 5.75 Å². The molecule has 0 saturated carbocycles. The van der Waals surface area contributed by atoms with Crippen molar-refractivity contribution in [3.8, 4) is 0 Å². The number of nitrogens with one attached hydrogen (secondary N) is 2. The van der Waals surface area contributed by atoms with Crippen LogP contribution in [-0.4, -0.2) is 22.0 Å². The first-order valence-electron chi connectivity index (χ1n) is 7.20. The van der Waals surface area contributed by atoms with Crippen molar-refractivity contribution in [2.45, 2.75) is 39.0 Å². The summed E-state index contributed by atoms with van der Waals surface area (Å²) in [6, 6.07) is 7.69. The van der Waals surface area contributed by atoms with E-state index in [2.05, 4.69) is 23.9 Å². The van der Waals surface area contributed by atoms with Crippen molar-refractivity contribution in [2.24, 2.45) is 5.92 Å². The third-order valence-electron chi connectivity index (χ3n) is 3.48. The summed E-state index contributed by atoms with van der Waals surface area (Å²) < 4.78 is 26.9. The van der Waals surface area contributed by atoms with Crippen molar-refractivity contribution in [3.63, 3.8) is 0 Å². The fraction of sp³-hybridized carbons (Fsp3) is 0.600. The molecule has 1 aromatic carbocycles. The molecule has 0 saturated heterocycles. The SMILES string of the molecule is CCC(CC)CNS(=O)(=O)Cc1cccc(CNC)c1. The third-order valence-corrected chi connectivity index (χ3v) is 4.80. The largest absolute Gasteiger partial charge is 0.316 e. The second-order valence-corrected chi connectivity index (χ2v) is 6.95. The van der Waals surface area contributed by atoms with Gasteiger partial charge in [0.25, 0.3) is 0 Å². The zero-order valence-electron chi connectivity index (χ0n) is 12.6. The first-order valence-corrected chi connectivity index (χ1v) is 8.85. The molecule has 4 nitrogen and oxygen atoms in total. The average Bonchev–Trinajstić information content (AvgIpc) is 2.40. The van der Waals surface area contributed by atoms with Crippen molar-refractivity contribution in [2.75, 3.05) is 13.6 Å². The van der Waals surface area contributed by atoms with E-state index >= 15 is 0 Å². The number of sulfonamides is 1. The van der Waals surface area contributed by atoms with Crippen molar-refractivity contribution in [1.82, 2.24) is 10.0 Å². The predicted molar refractivity (Wildman–Crippen MR) is 83.9 cm³/mol. The monoisotopic (exact) mass is 298 g/mol. The Kier molecular flexibility index (Phi) is 7.19. The molecule has 0 spiro atoms. The van der Waals surface area contributed by atoms with Crippen LogP contribution in [0.2, 0.25) is 0 Å². The van der Waals surface area contributed by atoms with Crippen LogP contribution in [0.15, 0.2) is 24.3 Å². The van der Waals surface area contributed by atoms with Gasteiger partial charge in [0.2, 0.25) is 10.0 Å². The summed E-state index contributed by atoms with van der Waals surface area (Å²) in [6.45, 7) is 5.45. The van der Waals surface area contributed by atoms with Crippen LogP contribution in [-0.2, 0) is 22.3 Å². The van der Waals surface area contributed by atoms with E-state index in [1.54, 1.807) is 0 Å². The Bertz CT molecular complexity index is 496. The number of benzene rings is 1. The van der Waals surface area contributed by atoms with Gasteiger partial charge in [-0.05, 0) is 24.1 Å². The standard InChI is InChI=1S/C15H26N2O2S/c1-4-13(5-2)11-17-20(18,19)12-15-8-6-7-14(9-15)10-16-3/h6-9,13,16-17H,4-5,10-12H2,1-3H3. The fourth-order valence-electron chi connectivity index (χ4n) is 2.13. The lowest BCUT2D eigenvalue weighted by atomic mass is 10.0. The summed E-state index contributed by atoms with van der Waals surface area (Å²) in [5.74, 6) is 0.463. The van der Waals surface area contributed by atoms with E-state index in [0.29, 0.717) is 12.5 Å². The molecule has 0 radical (unpaired) electrons. The Labute approximate surface area is 123 Å². The highest BCUT2D eigenvalue weighted by Crippen LogP contribution is 2.10. The Hall–Kier alpha value is -0.910. The van der Waals surface area contributed by atoms with Crippen LogP contribution < -0.4 is 10.0 Å². The minimum Gasteiger partial charge on any atom is -0.316 e. The van der Waals surface area contributed by atoms with Gasteiger partial charge in [0, 0.05) is 13.1 Å². The molecule has 114 valence electrons. The quantitative estimate of drug-likeness (QED) is 0.735. The average molecular weight is 298 g/mol. The van der Waals surface area contributed by atoms with Crippen molar-refractivity contribution < 1.29 is 8.42 Å². The third kappa shape index (κ3) is 6.03. The van der Waals surface area contributed by atoms with Crippen LogP contribution in [0.25, 0.3) is 0 Å². The van der Waals surface area contributed by atoms with E-state index < -0.39 is 10.0 Å². The highest BCUT2D eigenvalue weighted by atomic mass is 32.2. The highest BCUT2D eigenvalue weighted by molar-refractivity contribution is 7.88. The number of hydrogen-bond donors (Lipinski definition) is 2. The summed E-state index contributed by atoms with van der Waals surface area (Å²) in [4.78, 5) is 0. The lowest BCUT2D eigenvalue weighted by Gasteiger charge is -2.14. The van der Waals surface area contributed by atoms with Crippen molar-refractivity contribution in [3.05, 3.63) is 35.4 Å². The Morgan fingerprint density at radius 2 is 1.80 bits per heavy atom. The maximum atomic E-state index is 12.1. The second-order valence-electron chi connectivity index (χ2n) is 5.14. The van der Waals surface area contributed by atoms with Gasteiger partial charge in [0.15, 0.2) is 0 Å². The van der Waals surface area contributed by atoms with Crippen LogP contribution in [0.5, 0.6) is 0 Å². The van der Waals surface area contributed by atoms with E-state index in [1.807, 2.05) is 31.3 Å². The van der Waals surface area contributed by atoms with E-state index in [1.165, 1.54) is 0 Å². The van der Waals surface area contributed by atoms with Crippen LogP contribution in [0.3, 0.4) is 0 Å². The Morgan fingerprint density at radius 3 is 2.40 bits per heavy atom. The van der Waals surface area contributed by atoms with Gasteiger partial charge in [0.05, 0.1) is 5.75 Å². The molecule has 0 aliphatic heterocycles. The van der Waals surface area contributed by atoms with Gasteiger partial charge in [-0.2, -0.15) is 0 Å². The molecule has 0 aliphatic rings. The van der Waals surface area contributed by atoms with Gasteiger partial charge < -0.3 is 5.32 Å². The fourth-order valence-corrected chi connectivity index (χ4v) is 3.34. The lowest BCUT2D eigenvalue weighted by Crippen LogP contribution is -2.30. The summed E-state index contributed by atoms with van der Waals surface area (Å²) in [5.41, 5.74) is 1.93. The minimum atomic E-state index is -3.25. The molecule has 2 N–H and O–H groups in total. The second kappa shape index (κ2) is 8.39. The summed E-state index contributed by atoms with van der Waals surface area (Å²) in [7, 11) is -1.38. The first kappa shape index (κ1) is 17.1. The van der Waals surface area contributed by atoms with Gasteiger partial charge in [-0.25, -0.2) is 13.1 Å². The smallest absolute Gasteiger partial charge is 0.215 e. The van der Waals surface area contributed by atoms with E-state index in [9.17, 15) is 8.42 Å². The molecular weight excluding hydrogens is 272 g/mol. The molecule has 5 heteroatoms. The molecular formula is C15H26N2O2S. The molecule has 0 bridgehead atoms. The van der Waals surface area contributed by atoms with Crippen molar-refractivity contribution >= 4 is 10.0 Å². The van der Waals surface area contributed by atoms with Crippen LogP contribution in [0.1, 0.15) is 37.8 Å². The van der Waals surface area contributed by atoms with Crippen molar-refractivity contribution in [1.29, 1.82) is 0 Å². The Balaban J connectivity index is 2.63. The highest BCUT2D eigenvalue weighted by Gasteiger charge is 2.13. The van der Waals surface area contributed by atoms with E-state index in [0.717, 1.165) is 30.5 Å². The molecule has 1 aromatic rings. The van der Waals surface area contributed by atoms with E-state index in [4.69, 9.17) is 0 Å². The zero-order valence-corrected chi connectivity index (χ0v) is 13.5. The molecule has 0 unspecified atom stereocenters. The normalized spacial score (nSPS) is 12.0. The maximum absolute atomic E-state index is 12.1. The maximum Gasteiger partial charge on any atom is 0.215 e. The number of rotatable bonds is 9. The van der Waals surface area contributed by atoms with Gasteiger partial charge in [-0.1, -0.05) is 51.0 Å². The molecule has 1 rings (SSSR count). The minimum absolute atomic E-state index is 0.0463. The van der Waals surface area contributed by atoms with Gasteiger partial charge in [-0.3, -0.25) is 0 Å². The summed E-state index contributed by atoms with van der Waals surface area (Å²) in [6.07, 6.45) is 1.99. The first-order chi connectivity index (χ1) is 9.50. The predicted octanol–water partition coefficient (Wildman–Crippen LogP) is 2.26. The van der Waals surface area contributed by atoms with Crippen LogP contribution >= 0.6 is 0 Å². The Morgan fingerprint density at radius 1 is 1.15 bits per heavy atom. The van der Waals surface area contributed by atoms with Gasteiger partial charge >= 0.3 is 0 Å². The topological polar surface area (TPSA) is 58.2 Å². The van der Waals surface area contributed by atoms with Crippen LogP contribution in [0, 0.1) is 5.92 Å². The summed E-state index contributed by atoms with van der Waals surface area (Å²) in [5, 5.41) is 3.06. The molecule has 0 fully saturated rings. The molecule has 0 aromatic heterocycles. The van der Waals surface area contributed by atoms with Gasteiger partial charge in [0.1, 0.15) is 0 Å². The molecule has 0 amide bonds. The molecule has 0 aliphatic carbocycles. The van der Waals surface area contributed by atoms with Gasteiger partial charge in [-0.15, -0.1) is 0 Å².